The Balaban J connectivity index is 1.84. The number of likely N-dealkylation sites (tertiary alicyclic amines) is 1. The van der Waals surface area contributed by atoms with E-state index in [1.54, 1.807) is 11.3 Å². The van der Waals surface area contributed by atoms with Gasteiger partial charge in [-0.3, -0.25) is 9.69 Å². The topological polar surface area (TPSA) is 35.6 Å². The SMILES string of the molecule is Cc1ccsc1C(CNC(=O)CN1CCCCCC1)N(C)C. The monoisotopic (exact) mass is 323 g/mol. The summed E-state index contributed by atoms with van der Waals surface area (Å²) in [4.78, 5) is 18.1. The fraction of sp³-hybridized carbons (Fsp3) is 0.706. The molecule has 2 heterocycles. The fourth-order valence-electron chi connectivity index (χ4n) is 3.00. The third kappa shape index (κ3) is 5.07. The summed E-state index contributed by atoms with van der Waals surface area (Å²) in [5.41, 5.74) is 1.31. The summed E-state index contributed by atoms with van der Waals surface area (Å²) in [5.74, 6) is 0.156. The van der Waals surface area contributed by atoms with Crippen LogP contribution in [0, 0.1) is 6.92 Å². The first-order valence-electron chi connectivity index (χ1n) is 8.27. The molecule has 0 aromatic carbocycles. The summed E-state index contributed by atoms with van der Waals surface area (Å²) < 4.78 is 0. The van der Waals surface area contributed by atoms with Crippen LogP contribution in [0.2, 0.25) is 0 Å². The van der Waals surface area contributed by atoms with Gasteiger partial charge in [-0.25, -0.2) is 0 Å². The van der Waals surface area contributed by atoms with E-state index in [-0.39, 0.29) is 11.9 Å². The molecule has 1 atom stereocenters. The van der Waals surface area contributed by atoms with Crippen molar-refractivity contribution in [1.29, 1.82) is 0 Å². The molecule has 1 saturated heterocycles. The van der Waals surface area contributed by atoms with Crippen LogP contribution in [0.15, 0.2) is 11.4 Å². The van der Waals surface area contributed by atoms with Crippen LogP contribution in [0.1, 0.15) is 42.2 Å². The number of rotatable bonds is 6. The molecule has 4 nitrogen and oxygen atoms in total. The Hall–Kier alpha value is -0.910. The highest BCUT2D eigenvalue weighted by atomic mass is 32.1. The molecule has 1 aromatic heterocycles. The minimum Gasteiger partial charge on any atom is -0.353 e. The number of amides is 1. The Bertz CT molecular complexity index is 464. The highest BCUT2D eigenvalue weighted by Crippen LogP contribution is 2.26. The highest BCUT2D eigenvalue weighted by Gasteiger charge is 2.19. The van der Waals surface area contributed by atoms with Crippen molar-refractivity contribution >= 4 is 17.2 Å². The molecule has 2 rings (SSSR count). The van der Waals surface area contributed by atoms with Crippen LogP contribution in [0.25, 0.3) is 0 Å². The first-order chi connectivity index (χ1) is 10.6. The number of likely N-dealkylation sites (N-methyl/N-ethyl adjacent to an activating group) is 1. The van der Waals surface area contributed by atoms with Crippen LogP contribution in [-0.2, 0) is 4.79 Å². The van der Waals surface area contributed by atoms with Crippen molar-refractivity contribution in [3.63, 3.8) is 0 Å². The summed E-state index contributed by atoms with van der Waals surface area (Å²) in [5, 5.41) is 5.26. The number of thiophene rings is 1. The van der Waals surface area contributed by atoms with E-state index < -0.39 is 0 Å². The Labute approximate surface area is 138 Å². The van der Waals surface area contributed by atoms with Crippen molar-refractivity contribution in [3.8, 4) is 0 Å². The largest absolute Gasteiger partial charge is 0.353 e. The lowest BCUT2D eigenvalue weighted by Crippen LogP contribution is -2.41. The Morgan fingerprint density at radius 3 is 2.55 bits per heavy atom. The summed E-state index contributed by atoms with van der Waals surface area (Å²) in [7, 11) is 4.15. The highest BCUT2D eigenvalue weighted by molar-refractivity contribution is 7.10. The number of nitrogens with zero attached hydrogens (tertiary/aromatic N) is 2. The molecular weight excluding hydrogens is 294 g/mol. The summed E-state index contributed by atoms with van der Waals surface area (Å²) in [6.07, 6.45) is 5.06. The zero-order valence-electron chi connectivity index (χ0n) is 14.1. The van der Waals surface area contributed by atoms with Crippen molar-refractivity contribution in [2.24, 2.45) is 0 Å². The second-order valence-electron chi connectivity index (χ2n) is 6.44. The fourth-order valence-corrected chi connectivity index (χ4v) is 4.12. The summed E-state index contributed by atoms with van der Waals surface area (Å²) >= 11 is 1.77. The van der Waals surface area contributed by atoms with Gasteiger partial charge in [0, 0.05) is 11.4 Å². The molecule has 0 radical (unpaired) electrons. The Morgan fingerprint density at radius 1 is 1.32 bits per heavy atom. The Morgan fingerprint density at radius 2 is 2.00 bits per heavy atom. The van der Waals surface area contributed by atoms with Crippen LogP contribution >= 0.6 is 11.3 Å². The van der Waals surface area contributed by atoms with Gasteiger partial charge in [0.1, 0.15) is 0 Å². The Kier molecular flexibility index (Phi) is 6.86. The van der Waals surface area contributed by atoms with E-state index in [1.807, 2.05) is 0 Å². The predicted molar refractivity (Wildman–Crippen MR) is 93.4 cm³/mol. The average molecular weight is 324 g/mol. The van der Waals surface area contributed by atoms with Crippen molar-refractivity contribution in [1.82, 2.24) is 15.1 Å². The molecule has 1 aliphatic rings. The predicted octanol–water partition coefficient (Wildman–Crippen LogP) is 2.65. The van der Waals surface area contributed by atoms with Gasteiger partial charge in [-0.1, -0.05) is 12.8 Å². The lowest BCUT2D eigenvalue weighted by Gasteiger charge is -2.25. The second kappa shape index (κ2) is 8.65. The molecule has 1 amide bonds. The normalized spacial score (nSPS) is 18.2. The van der Waals surface area contributed by atoms with E-state index in [1.165, 1.54) is 36.1 Å². The smallest absolute Gasteiger partial charge is 0.234 e. The molecule has 0 bridgehead atoms. The van der Waals surface area contributed by atoms with Gasteiger partial charge in [-0.15, -0.1) is 11.3 Å². The van der Waals surface area contributed by atoms with Gasteiger partial charge in [-0.2, -0.15) is 0 Å². The van der Waals surface area contributed by atoms with E-state index in [4.69, 9.17) is 0 Å². The quantitative estimate of drug-likeness (QED) is 0.874. The first-order valence-corrected chi connectivity index (χ1v) is 9.15. The summed E-state index contributed by atoms with van der Waals surface area (Å²) in [6, 6.07) is 2.41. The maximum Gasteiger partial charge on any atom is 0.234 e. The molecule has 0 spiro atoms. The number of aryl methyl sites for hydroxylation is 1. The number of carbonyl (C=O) groups excluding carboxylic acids is 1. The van der Waals surface area contributed by atoms with Crippen LogP contribution in [0.5, 0.6) is 0 Å². The van der Waals surface area contributed by atoms with E-state index in [0.717, 1.165) is 13.1 Å². The molecule has 1 fully saturated rings. The van der Waals surface area contributed by atoms with E-state index >= 15 is 0 Å². The maximum absolute atomic E-state index is 12.2. The van der Waals surface area contributed by atoms with Gasteiger partial charge >= 0.3 is 0 Å². The van der Waals surface area contributed by atoms with Crippen LogP contribution in [-0.4, -0.2) is 56.0 Å². The van der Waals surface area contributed by atoms with Gasteiger partial charge in [0.05, 0.1) is 12.6 Å². The number of hydrogen-bond donors (Lipinski definition) is 1. The molecule has 1 N–H and O–H groups in total. The lowest BCUT2D eigenvalue weighted by molar-refractivity contribution is -0.122. The molecule has 1 aromatic rings. The lowest BCUT2D eigenvalue weighted by atomic mass is 10.1. The molecular formula is C17H29N3OS. The summed E-state index contributed by atoms with van der Waals surface area (Å²) in [6.45, 7) is 5.50. The minimum atomic E-state index is 0.156. The van der Waals surface area contributed by atoms with Gasteiger partial charge in [0.15, 0.2) is 0 Å². The van der Waals surface area contributed by atoms with Crippen LogP contribution in [0.3, 0.4) is 0 Å². The zero-order chi connectivity index (χ0) is 15.9. The van der Waals surface area contributed by atoms with Crippen LogP contribution in [0.4, 0.5) is 0 Å². The van der Waals surface area contributed by atoms with Crippen LogP contribution < -0.4 is 5.32 Å². The number of hydrogen-bond acceptors (Lipinski definition) is 4. The third-order valence-corrected chi connectivity index (χ3v) is 5.51. The van der Waals surface area contributed by atoms with Crippen molar-refractivity contribution in [2.45, 2.75) is 38.6 Å². The van der Waals surface area contributed by atoms with E-state index in [0.29, 0.717) is 13.1 Å². The number of nitrogens with one attached hydrogen (secondary N) is 1. The molecule has 5 heteroatoms. The van der Waals surface area contributed by atoms with Gasteiger partial charge in [0.2, 0.25) is 5.91 Å². The third-order valence-electron chi connectivity index (χ3n) is 4.39. The van der Waals surface area contributed by atoms with Crippen molar-refractivity contribution in [2.75, 3.05) is 40.3 Å². The standard InChI is InChI=1S/C17H29N3OS/c1-14-8-11-22-17(14)15(19(2)3)12-18-16(21)13-20-9-6-4-5-7-10-20/h8,11,15H,4-7,9-10,12-13H2,1-3H3,(H,18,21). The van der Waals surface area contributed by atoms with E-state index in [9.17, 15) is 4.79 Å². The van der Waals surface area contributed by atoms with E-state index in [2.05, 4.69) is 47.6 Å². The zero-order valence-corrected chi connectivity index (χ0v) is 14.9. The molecule has 0 aliphatic carbocycles. The molecule has 124 valence electrons. The number of carbonyl (C=O) groups is 1. The van der Waals surface area contributed by atoms with Crippen molar-refractivity contribution < 1.29 is 4.79 Å². The average Bonchev–Trinajstić information content (AvgIpc) is 2.73. The van der Waals surface area contributed by atoms with Gasteiger partial charge < -0.3 is 10.2 Å². The maximum atomic E-state index is 12.2. The second-order valence-corrected chi connectivity index (χ2v) is 7.39. The minimum absolute atomic E-state index is 0.156. The molecule has 22 heavy (non-hydrogen) atoms. The van der Waals surface area contributed by atoms with Crippen molar-refractivity contribution in [3.05, 3.63) is 21.9 Å². The molecule has 0 saturated carbocycles. The van der Waals surface area contributed by atoms with Gasteiger partial charge in [-0.05, 0) is 64.0 Å². The molecule has 1 aliphatic heterocycles. The molecule has 1 unspecified atom stereocenters. The first kappa shape index (κ1) is 17.4. The van der Waals surface area contributed by atoms with Gasteiger partial charge in [0.25, 0.3) is 0 Å².